The predicted molar refractivity (Wildman–Crippen MR) is 49.5 cm³/mol. The van der Waals surface area contributed by atoms with E-state index in [0.29, 0.717) is 0 Å². The van der Waals surface area contributed by atoms with Gasteiger partial charge < -0.3 is 4.90 Å². The Morgan fingerprint density at radius 2 is 2.36 bits per heavy atom. The highest BCUT2D eigenvalue weighted by molar-refractivity contribution is 5.02. The maximum atomic E-state index is 2.52. The maximum Gasteiger partial charge on any atom is 0.0255 e. The fourth-order valence-electron chi connectivity index (χ4n) is 1.65. The van der Waals surface area contributed by atoms with Crippen LogP contribution in [0.25, 0.3) is 0 Å². The first-order valence-corrected chi connectivity index (χ1v) is 4.69. The molecule has 0 bridgehead atoms. The van der Waals surface area contributed by atoms with Crippen LogP contribution in [0.1, 0.15) is 40.0 Å². The SMILES string of the molecule is CCC(C)N1CCCC=C1C. The van der Waals surface area contributed by atoms with Crippen molar-refractivity contribution in [2.45, 2.75) is 46.1 Å². The Hall–Kier alpha value is -0.460. The number of hydrogen-bond acceptors (Lipinski definition) is 1. The molecule has 0 radical (unpaired) electrons. The summed E-state index contributed by atoms with van der Waals surface area (Å²) in [5.41, 5.74) is 1.48. The molecule has 64 valence electrons. The molecule has 0 spiro atoms. The van der Waals surface area contributed by atoms with Gasteiger partial charge in [0, 0.05) is 18.3 Å². The molecule has 0 aromatic rings. The average Bonchev–Trinajstić information content (AvgIpc) is 2.04. The number of rotatable bonds is 2. The van der Waals surface area contributed by atoms with E-state index in [0.717, 1.165) is 6.04 Å². The molecule has 0 fully saturated rings. The van der Waals surface area contributed by atoms with Crippen LogP contribution in [-0.2, 0) is 0 Å². The molecule has 0 aliphatic carbocycles. The van der Waals surface area contributed by atoms with Crippen LogP contribution in [0.3, 0.4) is 0 Å². The molecule has 1 heteroatoms. The van der Waals surface area contributed by atoms with Gasteiger partial charge in [0.05, 0.1) is 0 Å². The van der Waals surface area contributed by atoms with Crippen molar-refractivity contribution in [3.8, 4) is 0 Å². The van der Waals surface area contributed by atoms with Crippen molar-refractivity contribution in [1.82, 2.24) is 4.90 Å². The third-order valence-electron chi connectivity index (χ3n) is 2.62. The van der Waals surface area contributed by atoms with E-state index in [1.54, 1.807) is 0 Å². The molecular weight excluding hydrogens is 134 g/mol. The summed E-state index contributed by atoms with van der Waals surface area (Å²) >= 11 is 0. The summed E-state index contributed by atoms with van der Waals surface area (Å²) in [6, 6.07) is 0.728. The van der Waals surface area contributed by atoms with Crippen molar-refractivity contribution in [2.75, 3.05) is 6.54 Å². The first kappa shape index (κ1) is 8.63. The Kier molecular flexibility index (Phi) is 2.98. The maximum absolute atomic E-state index is 2.52. The lowest BCUT2D eigenvalue weighted by atomic mass is 10.1. The van der Waals surface area contributed by atoms with Gasteiger partial charge in [-0.05, 0) is 33.1 Å². The molecule has 1 nitrogen and oxygen atoms in total. The summed E-state index contributed by atoms with van der Waals surface area (Å²) in [6.45, 7) is 8.05. The molecule has 0 aromatic heterocycles. The summed E-state index contributed by atoms with van der Waals surface area (Å²) in [5, 5.41) is 0. The van der Waals surface area contributed by atoms with Gasteiger partial charge in [-0.1, -0.05) is 13.0 Å². The van der Waals surface area contributed by atoms with Gasteiger partial charge in [0.15, 0.2) is 0 Å². The lowest BCUT2D eigenvalue weighted by Gasteiger charge is -2.34. The standard InChI is InChI=1S/C10H19N/c1-4-9(2)11-8-6-5-7-10(11)3/h7,9H,4-6,8H2,1-3H3. The van der Waals surface area contributed by atoms with E-state index in [4.69, 9.17) is 0 Å². The van der Waals surface area contributed by atoms with Crippen LogP contribution in [0.5, 0.6) is 0 Å². The second-order valence-corrected chi connectivity index (χ2v) is 3.44. The molecule has 1 unspecified atom stereocenters. The van der Waals surface area contributed by atoms with Gasteiger partial charge in [0.1, 0.15) is 0 Å². The zero-order valence-electron chi connectivity index (χ0n) is 7.93. The van der Waals surface area contributed by atoms with Crippen LogP contribution in [0.15, 0.2) is 11.8 Å². The molecule has 0 aromatic carbocycles. The quantitative estimate of drug-likeness (QED) is 0.589. The van der Waals surface area contributed by atoms with Gasteiger partial charge in [-0.25, -0.2) is 0 Å². The largest absolute Gasteiger partial charge is 0.373 e. The molecule has 1 rings (SSSR count). The minimum Gasteiger partial charge on any atom is -0.373 e. The molecule has 0 amide bonds. The number of allylic oxidation sites excluding steroid dienone is 2. The topological polar surface area (TPSA) is 3.24 Å². The Bertz CT molecular complexity index is 149. The Labute approximate surface area is 70.1 Å². The Morgan fingerprint density at radius 3 is 2.91 bits per heavy atom. The molecule has 0 saturated heterocycles. The molecule has 1 aliphatic rings. The van der Waals surface area contributed by atoms with Crippen LogP contribution in [0, 0.1) is 0 Å². The van der Waals surface area contributed by atoms with Crippen molar-refractivity contribution < 1.29 is 0 Å². The van der Waals surface area contributed by atoms with E-state index in [-0.39, 0.29) is 0 Å². The molecule has 1 heterocycles. The monoisotopic (exact) mass is 153 g/mol. The summed E-state index contributed by atoms with van der Waals surface area (Å²) in [6.07, 6.45) is 6.22. The zero-order chi connectivity index (χ0) is 8.27. The minimum absolute atomic E-state index is 0.728. The van der Waals surface area contributed by atoms with Gasteiger partial charge in [-0.3, -0.25) is 0 Å². The summed E-state index contributed by atoms with van der Waals surface area (Å²) in [4.78, 5) is 2.52. The first-order valence-electron chi connectivity index (χ1n) is 4.69. The van der Waals surface area contributed by atoms with Gasteiger partial charge >= 0.3 is 0 Å². The van der Waals surface area contributed by atoms with E-state index in [1.807, 2.05) is 0 Å². The van der Waals surface area contributed by atoms with E-state index in [2.05, 4.69) is 31.7 Å². The number of nitrogens with zero attached hydrogens (tertiary/aromatic N) is 1. The van der Waals surface area contributed by atoms with Gasteiger partial charge in [0.25, 0.3) is 0 Å². The number of hydrogen-bond donors (Lipinski definition) is 0. The lowest BCUT2D eigenvalue weighted by molar-refractivity contribution is 0.247. The van der Waals surface area contributed by atoms with Crippen molar-refractivity contribution in [3.05, 3.63) is 11.8 Å². The van der Waals surface area contributed by atoms with Crippen LogP contribution < -0.4 is 0 Å². The van der Waals surface area contributed by atoms with E-state index in [9.17, 15) is 0 Å². The van der Waals surface area contributed by atoms with Gasteiger partial charge in [-0.15, -0.1) is 0 Å². The highest BCUT2D eigenvalue weighted by Crippen LogP contribution is 2.18. The van der Waals surface area contributed by atoms with Crippen molar-refractivity contribution >= 4 is 0 Å². The van der Waals surface area contributed by atoms with Crippen molar-refractivity contribution in [3.63, 3.8) is 0 Å². The van der Waals surface area contributed by atoms with Gasteiger partial charge in [-0.2, -0.15) is 0 Å². The first-order chi connectivity index (χ1) is 5.25. The lowest BCUT2D eigenvalue weighted by Crippen LogP contribution is -2.33. The van der Waals surface area contributed by atoms with Crippen LogP contribution in [-0.4, -0.2) is 17.5 Å². The van der Waals surface area contributed by atoms with Gasteiger partial charge in [0.2, 0.25) is 0 Å². The Morgan fingerprint density at radius 1 is 1.64 bits per heavy atom. The summed E-state index contributed by atoms with van der Waals surface area (Å²) in [7, 11) is 0. The second kappa shape index (κ2) is 3.80. The van der Waals surface area contributed by atoms with E-state index in [1.165, 1.54) is 31.5 Å². The smallest absolute Gasteiger partial charge is 0.0255 e. The average molecular weight is 153 g/mol. The minimum atomic E-state index is 0.728. The molecule has 1 aliphatic heterocycles. The van der Waals surface area contributed by atoms with Crippen LogP contribution in [0.2, 0.25) is 0 Å². The van der Waals surface area contributed by atoms with Crippen molar-refractivity contribution in [1.29, 1.82) is 0 Å². The van der Waals surface area contributed by atoms with E-state index >= 15 is 0 Å². The van der Waals surface area contributed by atoms with Crippen LogP contribution in [0.4, 0.5) is 0 Å². The molecule has 0 saturated carbocycles. The highest BCUT2D eigenvalue weighted by atomic mass is 15.2. The Balaban J connectivity index is 2.55. The van der Waals surface area contributed by atoms with E-state index < -0.39 is 0 Å². The molecular formula is C10H19N. The summed E-state index contributed by atoms with van der Waals surface area (Å²) in [5.74, 6) is 0. The normalized spacial score (nSPS) is 21.4. The summed E-state index contributed by atoms with van der Waals surface area (Å²) < 4.78 is 0. The third kappa shape index (κ3) is 1.98. The van der Waals surface area contributed by atoms with Crippen molar-refractivity contribution in [2.24, 2.45) is 0 Å². The molecule has 11 heavy (non-hydrogen) atoms. The second-order valence-electron chi connectivity index (χ2n) is 3.44. The molecule has 0 N–H and O–H groups in total. The van der Waals surface area contributed by atoms with Crippen LogP contribution >= 0.6 is 0 Å². The zero-order valence-corrected chi connectivity index (χ0v) is 7.93. The predicted octanol–water partition coefficient (Wildman–Crippen LogP) is 2.78. The highest BCUT2D eigenvalue weighted by Gasteiger charge is 2.13. The fraction of sp³-hybridized carbons (Fsp3) is 0.800. The third-order valence-corrected chi connectivity index (χ3v) is 2.62. The molecule has 1 atom stereocenters. The fourth-order valence-corrected chi connectivity index (χ4v) is 1.65.